The van der Waals surface area contributed by atoms with Gasteiger partial charge in [0.1, 0.15) is 17.0 Å². The van der Waals surface area contributed by atoms with Crippen molar-refractivity contribution in [1.82, 2.24) is 20.3 Å². The van der Waals surface area contributed by atoms with Crippen molar-refractivity contribution in [1.29, 1.82) is 0 Å². The molecule has 0 radical (unpaired) electrons. The van der Waals surface area contributed by atoms with Gasteiger partial charge in [-0.05, 0) is 42.0 Å². The number of ether oxygens (including phenoxy) is 1. The summed E-state index contributed by atoms with van der Waals surface area (Å²) in [5.41, 5.74) is 1.21. The molecule has 1 aromatic heterocycles. The molecule has 0 aliphatic rings. The summed E-state index contributed by atoms with van der Waals surface area (Å²) in [6.45, 7) is 0.531. The summed E-state index contributed by atoms with van der Waals surface area (Å²) in [5.74, 6) is 1.28. The molecule has 1 heterocycles. The van der Waals surface area contributed by atoms with Gasteiger partial charge < -0.3 is 10.1 Å². The van der Waals surface area contributed by atoms with E-state index in [0.29, 0.717) is 23.2 Å². The number of rotatable bonds is 7. The predicted octanol–water partition coefficient (Wildman–Crippen LogP) is 3.29. The van der Waals surface area contributed by atoms with Crippen LogP contribution < -0.4 is 15.6 Å². The van der Waals surface area contributed by atoms with Gasteiger partial charge in [-0.2, -0.15) is 0 Å². The molecule has 0 saturated heterocycles. The van der Waals surface area contributed by atoms with Crippen molar-refractivity contribution in [2.75, 3.05) is 0 Å². The van der Waals surface area contributed by atoms with Crippen LogP contribution in [0.1, 0.15) is 12.0 Å². The first-order valence-corrected chi connectivity index (χ1v) is 9.60. The van der Waals surface area contributed by atoms with Crippen molar-refractivity contribution < 1.29 is 9.53 Å². The Bertz CT molecular complexity index is 1220. The third-order valence-electron chi connectivity index (χ3n) is 4.55. The summed E-state index contributed by atoms with van der Waals surface area (Å²) in [5, 5.41) is 11.3. The van der Waals surface area contributed by atoms with Crippen molar-refractivity contribution >= 4 is 16.8 Å². The number of aryl methyl sites for hydroxylation is 1. The number of nitrogens with zero attached hydrogens (tertiary/aromatic N) is 3. The van der Waals surface area contributed by atoms with Crippen LogP contribution in [0.3, 0.4) is 0 Å². The molecule has 4 aromatic rings. The van der Waals surface area contributed by atoms with E-state index in [1.165, 1.54) is 4.68 Å². The van der Waals surface area contributed by atoms with E-state index in [9.17, 15) is 9.59 Å². The van der Waals surface area contributed by atoms with Gasteiger partial charge in [-0.3, -0.25) is 9.59 Å². The van der Waals surface area contributed by atoms with Crippen LogP contribution in [-0.4, -0.2) is 20.9 Å². The largest absolute Gasteiger partial charge is 0.457 e. The van der Waals surface area contributed by atoms with Crippen LogP contribution in [0.5, 0.6) is 11.5 Å². The van der Waals surface area contributed by atoms with Crippen molar-refractivity contribution in [3.05, 3.63) is 94.8 Å². The average Bonchev–Trinajstić information content (AvgIpc) is 2.78. The number of carbonyl (C=O) groups is 1. The molecule has 30 heavy (non-hydrogen) atoms. The van der Waals surface area contributed by atoms with E-state index in [-0.39, 0.29) is 24.4 Å². The van der Waals surface area contributed by atoms with Gasteiger partial charge in [0.2, 0.25) is 5.91 Å². The van der Waals surface area contributed by atoms with Gasteiger partial charge in [0.15, 0.2) is 0 Å². The Morgan fingerprint density at radius 3 is 2.57 bits per heavy atom. The molecule has 0 aliphatic carbocycles. The first kappa shape index (κ1) is 19.3. The summed E-state index contributed by atoms with van der Waals surface area (Å²) < 4.78 is 7.03. The molecule has 0 bridgehead atoms. The van der Waals surface area contributed by atoms with E-state index >= 15 is 0 Å². The minimum Gasteiger partial charge on any atom is -0.457 e. The molecule has 0 unspecified atom stereocenters. The van der Waals surface area contributed by atoms with Gasteiger partial charge in [-0.25, -0.2) is 4.68 Å². The smallest absolute Gasteiger partial charge is 0.277 e. The number of aromatic nitrogens is 3. The van der Waals surface area contributed by atoms with Crippen LogP contribution in [0.2, 0.25) is 0 Å². The highest BCUT2D eigenvalue weighted by Crippen LogP contribution is 2.21. The maximum Gasteiger partial charge on any atom is 0.277 e. The van der Waals surface area contributed by atoms with E-state index < -0.39 is 0 Å². The Morgan fingerprint density at radius 1 is 0.933 bits per heavy atom. The summed E-state index contributed by atoms with van der Waals surface area (Å²) in [4.78, 5) is 24.7. The highest BCUT2D eigenvalue weighted by Gasteiger charge is 2.08. The number of para-hydroxylation sites is 1. The van der Waals surface area contributed by atoms with E-state index in [1.54, 1.807) is 24.3 Å². The number of hydrogen-bond donors (Lipinski definition) is 1. The SMILES string of the molecule is O=C(CCn1nnc2ccccc2c1=O)NCc1cccc(Oc2ccccc2)c1. The van der Waals surface area contributed by atoms with Crippen molar-refractivity contribution in [2.45, 2.75) is 19.5 Å². The first-order valence-electron chi connectivity index (χ1n) is 9.60. The zero-order valence-electron chi connectivity index (χ0n) is 16.2. The Labute approximate surface area is 172 Å². The molecule has 0 atom stereocenters. The number of benzene rings is 3. The second-order valence-corrected chi connectivity index (χ2v) is 6.72. The molecule has 150 valence electrons. The maximum absolute atomic E-state index is 12.4. The molecule has 0 aliphatic heterocycles. The summed E-state index contributed by atoms with van der Waals surface area (Å²) in [7, 11) is 0. The number of nitrogens with one attached hydrogen (secondary N) is 1. The maximum atomic E-state index is 12.4. The standard InChI is InChI=1S/C23H20N4O3/c28-22(13-14-27-23(29)20-11-4-5-12-21(20)25-26-27)24-16-17-7-6-10-19(15-17)30-18-8-2-1-3-9-18/h1-12,15H,13-14,16H2,(H,24,28). The van der Waals surface area contributed by atoms with Gasteiger partial charge in [0.05, 0.1) is 11.9 Å². The number of hydrogen-bond acceptors (Lipinski definition) is 5. The quantitative estimate of drug-likeness (QED) is 0.514. The van der Waals surface area contributed by atoms with Crippen molar-refractivity contribution in [3.8, 4) is 11.5 Å². The lowest BCUT2D eigenvalue weighted by atomic mass is 10.2. The molecule has 4 rings (SSSR count). The van der Waals surface area contributed by atoms with Crippen LogP contribution in [0, 0.1) is 0 Å². The molecule has 0 spiro atoms. The van der Waals surface area contributed by atoms with E-state index in [1.807, 2.05) is 54.6 Å². The van der Waals surface area contributed by atoms with Crippen LogP contribution in [0.15, 0.2) is 83.7 Å². The van der Waals surface area contributed by atoms with Gasteiger partial charge in [-0.15, -0.1) is 5.10 Å². The lowest BCUT2D eigenvalue weighted by molar-refractivity contribution is -0.121. The fourth-order valence-corrected chi connectivity index (χ4v) is 3.01. The van der Waals surface area contributed by atoms with E-state index in [0.717, 1.165) is 11.3 Å². The first-order chi connectivity index (χ1) is 14.7. The fraction of sp³-hybridized carbons (Fsp3) is 0.130. The molecule has 7 heteroatoms. The highest BCUT2D eigenvalue weighted by molar-refractivity contribution is 5.77. The fourth-order valence-electron chi connectivity index (χ4n) is 3.01. The predicted molar refractivity (Wildman–Crippen MR) is 113 cm³/mol. The molecule has 1 amide bonds. The summed E-state index contributed by atoms with van der Waals surface area (Å²) in [6, 6.07) is 24.1. The Balaban J connectivity index is 1.33. The van der Waals surface area contributed by atoms with Gasteiger partial charge in [0, 0.05) is 13.0 Å². The normalized spacial score (nSPS) is 10.7. The third kappa shape index (κ3) is 4.70. The second kappa shape index (κ2) is 9.00. The monoisotopic (exact) mass is 400 g/mol. The molecular weight excluding hydrogens is 380 g/mol. The Hall–Kier alpha value is -4.00. The molecule has 0 saturated carbocycles. The van der Waals surface area contributed by atoms with E-state index in [4.69, 9.17) is 4.74 Å². The average molecular weight is 400 g/mol. The van der Waals surface area contributed by atoms with Crippen molar-refractivity contribution in [2.24, 2.45) is 0 Å². The number of fused-ring (bicyclic) bond motifs is 1. The van der Waals surface area contributed by atoms with E-state index in [2.05, 4.69) is 15.6 Å². The summed E-state index contributed by atoms with van der Waals surface area (Å²) in [6.07, 6.45) is 0.132. The third-order valence-corrected chi connectivity index (χ3v) is 4.55. The van der Waals surface area contributed by atoms with Crippen molar-refractivity contribution in [3.63, 3.8) is 0 Å². The second-order valence-electron chi connectivity index (χ2n) is 6.72. The molecule has 7 nitrogen and oxygen atoms in total. The summed E-state index contributed by atoms with van der Waals surface area (Å²) >= 11 is 0. The number of carbonyl (C=O) groups excluding carboxylic acids is 1. The van der Waals surface area contributed by atoms with Gasteiger partial charge >= 0.3 is 0 Å². The molecule has 0 fully saturated rings. The molecular formula is C23H20N4O3. The van der Waals surface area contributed by atoms with Crippen LogP contribution in [-0.2, 0) is 17.9 Å². The lowest BCUT2D eigenvalue weighted by Crippen LogP contribution is -2.29. The van der Waals surface area contributed by atoms with Gasteiger partial charge in [-0.1, -0.05) is 47.7 Å². The van der Waals surface area contributed by atoms with Crippen LogP contribution in [0.4, 0.5) is 0 Å². The number of amides is 1. The highest BCUT2D eigenvalue weighted by atomic mass is 16.5. The zero-order chi connectivity index (χ0) is 20.8. The molecule has 1 N–H and O–H groups in total. The topological polar surface area (TPSA) is 86.1 Å². The van der Waals surface area contributed by atoms with Crippen LogP contribution in [0.25, 0.3) is 10.9 Å². The van der Waals surface area contributed by atoms with Gasteiger partial charge in [0.25, 0.3) is 5.56 Å². The lowest BCUT2D eigenvalue weighted by Gasteiger charge is -2.09. The minimum atomic E-state index is -0.251. The zero-order valence-corrected chi connectivity index (χ0v) is 16.2. The Morgan fingerprint density at radius 2 is 1.70 bits per heavy atom. The van der Waals surface area contributed by atoms with Crippen LogP contribution >= 0.6 is 0 Å². The Kier molecular flexibility index (Phi) is 5.80. The minimum absolute atomic E-state index is 0.132. The molecule has 3 aromatic carbocycles.